The SMILES string of the molecule is CCCC[CH2][Mg][CH](C)CC. The lowest BCUT2D eigenvalue weighted by Crippen LogP contribution is -1.96. The fraction of sp³-hybridized carbons (Fsp3) is 1.00. The zero-order chi connectivity index (χ0) is 7.82. The highest BCUT2D eigenvalue weighted by atomic mass is 24.5. The van der Waals surface area contributed by atoms with Gasteiger partial charge in [-0.05, 0) is 0 Å². The molecule has 0 aliphatic heterocycles. The molecule has 0 fully saturated rings. The van der Waals surface area contributed by atoms with Crippen molar-refractivity contribution in [1.82, 2.24) is 0 Å². The van der Waals surface area contributed by atoms with Crippen LogP contribution in [0.5, 0.6) is 0 Å². The van der Waals surface area contributed by atoms with Gasteiger partial charge in [-0.15, -0.1) is 8.60 Å². The van der Waals surface area contributed by atoms with Crippen LogP contribution in [-0.2, 0) is 0 Å². The van der Waals surface area contributed by atoms with E-state index in [9.17, 15) is 0 Å². The van der Waals surface area contributed by atoms with Gasteiger partial charge in [0.25, 0.3) is 0 Å². The van der Waals surface area contributed by atoms with Gasteiger partial charge in [0, 0.05) is 0 Å². The normalized spacial score (nSPS) is 12.7. The minimum absolute atomic E-state index is 0.315. The summed E-state index contributed by atoms with van der Waals surface area (Å²) in [6.45, 7) is 7.01. The van der Waals surface area contributed by atoms with Crippen LogP contribution in [0, 0.1) is 0 Å². The van der Waals surface area contributed by atoms with Gasteiger partial charge in [-0.3, -0.25) is 0 Å². The molecule has 10 heavy (non-hydrogen) atoms. The maximum atomic E-state index is 2.41. The van der Waals surface area contributed by atoms with Crippen molar-refractivity contribution in [2.45, 2.75) is 55.1 Å². The lowest BCUT2D eigenvalue weighted by molar-refractivity contribution is 0.759. The van der Waals surface area contributed by atoms with Gasteiger partial charge in [0.2, 0.25) is 0 Å². The topological polar surface area (TPSA) is 0 Å². The summed E-state index contributed by atoms with van der Waals surface area (Å²) in [7, 11) is 0. The average Bonchev–Trinajstić information content (AvgIpc) is 1.98. The van der Waals surface area contributed by atoms with Gasteiger partial charge in [0.1, 0.15) is 0 Å². The van der Waals surface area contributed by atoms with Crippen molar-refractivity contribution in [3.8, 4) is 0 Å². The molecular weight excluding hydrogens is 132 g/mol. The maximum Gasteiger partial charge on any atom is 0.368 e. The molecule has 0 amide bonds. The molecule has 0 aromatic carbocycles. The fourth-order valence-corrected chi connectivity index (χ4v) is 2.87. The van der Waals surface area contributed by atoms with E-state index in [-0.39, 0.29) is 0 Å². The van der Waals surface area contributed by atoms with Crippen LogP contribution < -0.4 is 0 Å². The van der Waals surface area contributed by atoms with Gasteiger partial charge in [-0.1, -0.05) is 46.5 Å². The molecule has 0 bridgehead atoms. The van der Waals surface area contributed by atoms with Crippen LogP contribution in [0.1, 0.15) is 46.5 Å². The lowest BCUT2D eigenvalue weighted by Gasteiger charge is -2.03. The van der Waals surface area contributed by atoms with Crippen LogP contribution in [0.15, 0.2) is 0 Å². The van der Waals surface area contributed by atoms with Gasteiger partial charge >= 0.3 is 20.4 Å². The second-order valence-corrected chi connectivity index (χ2v) is 6.04. The Labute approximate surface area is 75.5 Å². The predicted octanol–water partition coefficient (Wildman–Crippen LogP) is 3.52. The molecule has 1 atom stereocenters. The van der Waals surface area contributed by atoms with Crippen molar-refractivity contribution in [2.75, 3.05) is 0 Å². The average molecular weight is 153 g/mol. The van der Waals surface area contributed by atoms with E-state index in [0.29, 0.717) is 20.4 Å². The third-order valence-corrected chi connectivity index (χ3v) is 4.72. The van der Waals surface area contributed by atoms with Gasteiger partial charge < -0.3 is 0 Å². The molecule has 0 nitrogen and oxygen atoms in total. The van der Waals surface area contributed by atoms with E-state index in [2.05, 4.69) is 20.8 Å². The van der Waals surface area contributed by atoms with Gasteiger partial charge in [0.05, 0.1) is 0 Å². The Morgan fingerprint density at radius 3 is 2.40 bits per heavy atom. The van der Waals surface area contributed by atoms with Crippen molar-refractivity contribution in [2.24, 2.45) is 0 Å². The fourth-order valence-electron chi connectivity index (χ4n) is 1.12. The van der Waals surface area contributed by atoms with Crippen LogP contribution in [0.3, 0.4) is 0 Å². The number of hydrogen-bond donors (Lipinski definition) is 0. The van der Waals surface area contributed by atoms with E-state index < -0.39 is 0 Å². The standard InChI is InChI=1S/C5H11.C4H9.Mg/c1-3-5-4-2;1-3-4-2;/h1,3-5H2,2H3;3H,4H2,1-2H3;. The Morgan fingerprint density at radius 1 is 1.20 bits per heavy atom. The first-order chi connectivity index (χ1) is 4.81. The summed E-state index contributed by atoms with van der Waals surface area (Å²) in [5.41, 5.74) is 0. The van der Waals surface area contributed by atoms with E-state index in [1.54, 1.807) is 4.55 Å². The number of rotatable bonds is 6. The van der Waals surface area contributed by atoms with Gasteiger partial charge in [0.15, 0.2) is 0 Å². The molecule has 58 valence electrons. The summed E-state index contributed by atoms with van der Waals surface area (Å²) in [5, 5.41) is 0. The Morgan fingerprint density at radius 2 is 1.90 bits per heavy atom. The van der Waals surface area contributed by atoms with E-state index in [1.807, 2.05) is 0 Å². The first kappa shape index (κ1) is 10.8. The highest BCUT2D eigenvalue weighted by molar-refractivity contribution is 6.37. The smallest absolute Gasteiger partial charge is 0.145 e. The van der Waals surface area contributed by atoms with Gasteiger partial charge in [-0.2, -0.15) is 0 Å². The summed E-state index contributed by atoms with van der Waals surface area (Å²) in [5.74, 6) is 0. The molecule has 0 saturated heterocycles. The Balaban J connectivity index is 2.89. The van der Waals surface area contributed by atoms with Crippen LogP contribution in [0.2, 0.25) is 8.60 Å². The number of unbranched alkanes of at least 4 members (excludes halogenated alkanes) is 2. The lowest BCUT2D eigenvalue weighted by atomic mass is 10.3. The molecule has 0 heterocycles. The van der Waals surface area contributed by atoms with Crippen LogP contribution in [0.4, 0.5) is 0 Å². The largest absolute Gasteiger partial charge is 0.368 e. The van der Waals surface area contributed by atoms with Crippen molar-refractivity contribution < 1.29 is 0 Å². The highest BCUT2D eigenvalue weighted by Crippen LogP contribution is 2.10. The zero-order valence-corrected chi connectivity index (χ0v) is 9.23. The first-order valence-electron chi connectivity index (χ1n) is 4.81. The van der Waals surface area contributed by atoms with E-state index in [4.69, 9.17) is 0 Å². The maximum absolute atomic E-state index is 2.41. The third kappa shape index (κ3) is 6.88. The van der Waals surface area contributed by atoms with Crippen LogP contribution >= 0.6 is 0 Å². The molecule has 0 aliphatic carbocycles. The second-order valence-electron chi connectivity index (χ2n) is 3.36. The Kier molecular flexibility index (Phi) is 8.47. The Bertz CT molecular complexity index is 61.7. The third-order valence-electron chi connectivity index (χ3n) is 2.25. The molecule has 0 spiro atoms. The Hall–Kier alpha value is 0.766. The molecule has 1 heteroatoms. The van der Waals surface area contributed by atoms with Crippen molar-refractivity contribution in [3.05, 3.63) is 0 Å². The van der Waals surface area contributed by atoms with Crippen molar-refractivity contribution in [3.63, 3.8) is 0 Å². The molecule has 0 aromatic rings. The molecule has 0 aromatic heterocycles. The summed E-state index contributed by atoms with van der Waals surface area (Å²) in [6, 6.07) is 0. The summed E-state index contributed by atoms with van der Waals surface area (Å²) >= 11 is 0.315. The molecule has 0 N–H and O–H groups in total. The second kappa shape index (κ2) is 7.87. The molecule has 0 saturated carbocycles. The van der Waals surface area contributed by atoms with Crippen LogP contribution in [0.25, 0.3) is 0 Å². The quantitative estimate of drug-likeness (QED) is 0.404. The molecule has 1 unspecified atom stereocenters. The molecule has 0 aliphatic rings. The highest BCUT2D eigenvalue weighted by Gasteiger charge is 2.02. The summed E-state index contributed by atoms with van der Waals surface area (Å²) in [6.07, 6.45) is 5.77. The number of hydrogen-bond acceptors (Lipinski definition) is 0. The monoisotopic (exact) mass is 152 g/mol. The summed E-state index contributed by atoms with van der Waals surface area (Å²) < 4.78 is 2.68. The molecule has 0 radical (unpaired) electrons. The zero-order valence-electron chi connectivity index (χ0n) is 7.82. The van der Waals surface area contributed by atoms with E-state index >= 15 is 0 Å². The molecule has 0 rings (SSSR count). The van der Waals surface area contributed by atoms with Gasteiger partial charge in [-0.25, -0.2) is 0 Å². The first-order valence-corrected chi connectivity index (χ1v) is 6.62. The van der Waals surface area contributed by atoms with E-state index in [1.165, 1.54) is 25.7 Å². The predicted molar refractivity (Wildman–Crippen MR) is 49.8 cm³/mol. The van der Waals surface area contributed by atoms with Crippen molar-refractivity contribution in [1.29, 1.82) is 0 Å². The molecular formula is C9H20Mg. The summed E-state index contributed by atoms with van der Waals surface area (Å²) in [4.78, 5) is 0. The van der Waals surface area contributed by atoms with Crippen LogP contribution in [-0.4, -0.2) is 20.4 Å². The minimum atomic E-state index is 0.315. The van der Waals surface area contributed by atoms with Crippen molar-refractivity contribution >= 4 is 20.4 Å². The minimum Gasteiger partial charge on any atom is -0.145 e. The van der Waals surface area contributed by atoms with E-state index in [0.717, 1.165) is 4.05 Å².